The normalized spacial score (nSPS) is 12.8. The van der Waals surface area contributed by atoms with Crippen LogP contribution in [-0.4, -0.2) is 32.0 Å². The van der Waals surface area contributed by atoms with Gasteiger partial charge >= 0.3 is 0 Å². The summed E-state index contributed by atoms with van der Waals surface area (Å²) in [6, 6.07) is 3.66. The van der Waals surface area contributed by atoms with Crippen LogP contribution in [0.5, 0.6) is 0 Å². The van der Waals surface area contributed by atoms with E-state index >= 15 is 0 Å². The fourth-order valence-electron chi connectivity index (χ4n) is 1.20. The largest absolute Gasteiger partial charge is 0.386 e. The van der Waals surface area contributed by atoms with Crippen molar-refractivity contribution in [2.75, 3.05) is 26.9 Å². The number of aliphatic hydroxyl groups is 1. The van der Waals surface area contributed by atoms with Crippen LogP contribution in [0.4, 0.5) is 8.78 Å². The molecule has 0 aliphatic carbocycles. The Hall–Kier alpha value is -1.04. The van der Waals surface area contributed by atoms with Gasteiger partial charge in [-0.05, 0) is 6.07 Å². The molecule has 1 unspecified atom stereocenters. The predicted octanol–water partition coefficient (Wildman–Crippen LogP) is 1.66. The third kappa shape index (κ3) is 3.52. The molecule has 1 aromatic carbocycles. The Labute approximate surface area is 92.6 Å². The van der Waals surface area contributed by atoms with Gasteiger partial charge in [-0.25, -0.2) is 8.78 Å². The fraction of sp³-hybridized carbons (Fsp3) is 0.455. The first-order chi connectivity index (χ1) is 7.66. The fourth-order valence-corrected chi connectivity index (χ4v) is 1.20. The first-order valence-electron chi connectivity index (χ1n) is 4.85. The van der Waals surface area contributed by atoms with Crippen molar-refractivity contribution in [2.24, 2.45) is 0 Å². The zero-order valence-electron chi connectivity index (χ0n) is 8.95. The molecule has 16 heavy (non-hydrogen) atoms. The Kier molecular flexibility index (Phi) is 5.31. The second-order valence-corrected chi connectivity index (χ2v) is 3.23. The summed E-state index contributed by atoms with van der Waals surface area (Å²) in [4.78, 5) is 0. The van der Waals surface area contributed by atoms with E-state index in [2.05, 4.69) is 0 Å². The van der Waals surface area contributed by atoms with E-state index in [-0.39, 0.29) is 12.2 Å². The molecule has 1 atom stereocenters. The molecule has 0 saturated heterocycles. The van der Waals surface area contributed by atoms with Gasteiger partial charge in [-0.2, -0.15) is 0 Å². The van der Waals surface area contributed by atoms with Crippen molar-refractivity contribution >= 4 is 0 Å². The third-order valence-electron chi connectivity index (χ3n) is 2.05. The molecule has 0 fully saturated rings. The zero-order valence-corrected chi connectivity index (χ0v) is 8.95. The summed E-state index contributed by atoms with van der Waals surface area (Å²) in [5.41, 5.74) is -0.0996. The minimum absolute atomic E-state index is 0.0935. The first-order valence-corrected chi connectivity index (χ1v) is 4.85. The SMILES string of the molecule is COCCOCC(O)c1cccc(F)c1F. The van der Waals surface area contributed by atoms with Gasteiger partial charge in [0.25, 0.3) is 0 Å². The van der Waals surface area contributed by atoms with Crippen molar-refractivity contribution in [3.63, 3.8) is 0 Å². The summed E-state index contributed by atoms with van der Waals surface area (Å²) in [7, 11) is 1.52. The molecular formula is C11H14F2O3. The van der Waals surface area contributed by atoms with Crippen LogP contribution in [0.3, 0.4) is 0 Å². The molecule has 90 valence electrons. The van der Waals surface area contributed by atoms with E-state index in [1.54, 1.807) is 0 Å². The number of rotatable bonds is 6. The summed E-state index contributed by atoms with van der Waals surface area (Å²) < 4.78 is 35.8. The van der Waals surface area contributed by atoms with Crippen LogP contribution in [0.1, 0.15) is 11.7 Å². The molecule has 0 spiro atoms. The highest BCUT2D eigenvalue weighted by molar-refractivity contribution is 5.21. The molecule has 0 aliphatic heterocycles. The van der Waals surface area contributed by atoms with Gasteiger partial charge in [0.1, 0.15) is 6.10 Å². The molecule has 0 heterocycles. The molecule has 0 amide bonds. The minimum Gasteiger partial charge on any atom is -0.386 e. The number of ether oxygens (including phenoxy) is 2. The molecule has 5 heteroatoms. The smallest absolute Gasteiger partial charge is 0.164 e. The monoisotopic (exact) mass is 232 g/mol. The van der Waals surface area contributed by atoms with Crippen molar-refractivity contribution in [3.8, 4) is 0 Å². The van der Waals surface area contributed by atoms with Crippen LogP contribution >= 0.6 is 0 Å². The summed E-state index contributed by atoms with van der Waals surface area (Å²) in [6.07, 6.45) is -1.17. The number of hydrogen-bond donors (Lipinski definition) is 1. The van der Waals surface area contributed by atoms with E-state index in [4.69, 9.17) is 9.47 Å². The highest BCUT2D eigenvalue weighted by Crippen LogP contribution is 2.19. The maximum atomic E-state index is 13.2. The molecule has 3 nitrogen and oxygen atoms in total. The quantitative estimate of drug-likeness (QED) is 0.758. The van der Waals surface area contributed by atoms with E-state index in [1.165, 1.54) is 19.2 Å². The summed E-state index contributed by atoms with van der Waals surface area (Å²) >= 11 is 0. The highest BCUT2D eigenvalue weighted by Gasteiger charge is 2.15. The predicted molar refractivity (Wildman–Crippen MR) is 54.0 cm³/mol. The van der Waals surface area contributed by atoms with Crippen molar-refractivity contribution in [3.05, 3.63) is 35.4 Å². The first kappa shape index (κ1) is 13.0. The lowest BCUT2D eigenvalue weighted by atomic mass is 10.1. The molecule has 0 aliphatic rings. The second-order valence-electron chi connectivity index (χ2n) is 3.23. The van der Waals surface area contributed by atoms with E-state index in [0.717, 1.165) is 6.07 Å². The average Bonchev–Trinajstić information content (AvgIpc) is 2.28. The van der Waals surface area contributed by atoms with Crippen LogP contribution < -0.4 is 0 Å². The third-order valence-corrected chi connectivity index (χ3v) is 2.05. The Morgan fingerprint density at radius 3 is 2.75 bits per heavy atom. The van der Waals surface area contributed by atoms with Gasteiger partial charge < -0.3 is 14.6 Å². The summed E-state index contributed by atoms with van der Waals surface area (Å²) in [5, 5.41) is 9.55. The summed E-state index contributed by atoms with van der Waals surface area (Å²) in [5.74, 6) is -2.02. The van der Waals surface area contributed by atoms with Crippen molar-refractivity contribution in [1.82, 2.24) is 0 Å². The molecule has 1 aromatic rings. The van der Waals surface area contributed by atoms with E-state index < -0.39 is 17.7 Å². The Bertz CT molecular complexity index is 331. The average molecular weight is 232 g/mol. The maximum Gasteiger partial charge on any atom is 0.164 e. The van der Waals surface area contributed by atoms with Crippen molar-refractivity contribution in [2.45, 2.75) is 6.10 Å². The summed E-state index contributed by atoms with van der Waals surface area (Å²) in [6.45, 7) is 0.590. The van der Waals surface area contributed by atoms with Gasteiger partial charge in [0.2, 0.25) is 0 Å². The van der Waals surface area contributed by atoms with Gasteiger partial charge in [0.15, 0.2) is 11.6 Å². The van der Waals surface area contributed by atoms with E-state index in [0.29, 0.717) is 13.2 Å². The molecule has 1 rings (SSSR count). The lowest BCUT2D eigenvalue weighted by Gasteiger charge is -2.12. The minimum atomic E-state index is -1.17. The number of halogens is 2. The van der Waals surface area contributed by atoms with Gasteiger partial charge in [-0.3, -0.25) is 0 Å². The molecule has 0 saturated carbocycles. The van der Waals surface area contributed by atoms with Crippen molar-refractivity contribution < 1.29 is 23.4 Å². The number of aliphatic hydroxyl groups excluding tert-OH is 1. The lowest BCUT2D eigenvalue weighted by Crippen LogP contribution is -2.12. The van der Waals surface area contributed by atoms with Crippen LogP contribution in [0.25, 0.3) is 0 Å². The molecular weight excluding hydrogens is 218 g/mol. The topological polar surface area (TPSA) is 38.7 Å². The van der Waals surface area contributed by atoms with Crippen LogP contribution in [0.15, 0.2) is 18.2 Å². The molecule has 0 aromatic heterocycles. The number of benzene rings is 1. The van der Waals surface area contributed by atoms with Crippen LogP contribution in [-0.2, 0) is 9.47 Å². The Balaban J connectivity index is 2.52. The molecule has 0 bridgehead atoms. The van der Waals surface area contributed by atoms with Gasteiger partial charge in [0, 0.05) is 12.7 Å². The van der Waals surface area contributed by atoms with Crippen LogP contribution in [0.2, 0.25) is 0 Å². The maximum absolute atomic E-state index is 13.2. The Morgan fingerprint density at radius 1 is 1.31 bits per heavy atom. The number of methoxy groups -OCH3 is 1. The lowest BCUT2D eigenvalue weighted by molar-refractivity contribution is 0.0111. The molecule has 1 N–H and O–H groups in total. The van der Waals surface area contributed by atoms with Crippen molar-refractivity contribution in [1.29, 1.82) is 0 Å². The Morgan fingerprint density at radius 2 is 2.06 bits per heavy atom. The second kappa shape index (κ2) is 6.52. The molecule has 0 radical (unpaired) electrons. The van der Waals surface area contributed by atoms with Gasteiger partial charge in [-0.15, -0.1) is 0 Å². The van der Waals surface area contributed by atoms with E-state index in [9.17, 15) is 13.9 Å². The van der Waals surface area contributed by atoms with E-state index in [1.807, 2.05) is 0 Å². The number of hydrogen-bond acceptors (Lipinski definition) is 3. The zero-order chi connectivity index (χ0) is 12.0. The standard InChI is InChI=1S/C11H14F2O3/c1-15-5-6-16-7-10(14)8-3-2-4-9(12)11(8)13/h2-4,10,14H,5-7H2,1H3. The highest BCUT2D eigenvalue weighted by atomic mass is 19.2. The van der Waals surface area contributed by atoms with Crippen LogP contribution in [0, 0.1) is 11.6 Å². The van der Waals surface area contributed by atoms with Gasteiger partial charge in [-0.1, -0.05) is 12.1 Å². The van der Waals surface area contributed by atoms with Gasteiger partial charge in [0.05, 0.1) is 19.8 Å².